The molecule has 0 spiro atoms. The topological polar surface area (TPSA) is 96.0 Å². The Morgan fingerprint density at radius 1 is 1.28 bits per heavy atom. The Morgan fingerprint density at radius 3 is 2.76 bits per heavy atom. The van der Waals surface area contributed by atoms with Crippen molar-refractivity contribution in [2.45, 2.75) is 55.2 Å². The summed E-state index contributed by atoms with van der Waals surface area (Å²) < 4.78 is 33.4. The van der Waals surface area contributed by atoms with Crippen molar-refractivity contribution in [3.63, 3.8) is 0 Å². The molecule has 0 unspecified atom stereocenters. The van der Waals surface area contributed by atoms with Crippen molar-refractivity contribution in [1.82, 2.24) is 4.72 Å². The van der Waals surface area contributed by atoms with Crippen LogP contribution in [-0.2, 0) is 19.6 Å². The van der Waals surface area contributed by atoms with E-state index in [0.717, 1.165) is 6.42 Å². The highest BCUT2D eigenvalue weighted by Gasteiger charge is 2.55. The number of carboxylic acid groups (broad SMARTS) is 1. The Bertz CT molecular complexity index is 731. The molecule has 2 N–H and O–H groups in total. The first kappa shape index (κ1) is 18.1. The van der Waals surface area contributed by atoms with Crippen molar-refractivity contribution in [1.29, 1.82) is 0 Å². The largest absolute Gasteiger partial charge is 0.481 e. The van der Waals surface area contributed by atoms with Gasteiger partial charge in [0.05, 0.1) is 17.1 Å². The number of unbranched alkanes of at least 4 members (excludes halogenated alkanes) is 1. The summed E-state index contributed by atoms with van der Waals surface area (Å²) in [5, 5.41) is 8.61. The molecule has 4 atom stereocenters. The van der Waals surface area contributed by atoms with Crippen LogP contribution in [0, 0.1) is 5.92 Å². The van der Waals surface area contributed by atoms with Crippen molar-refractivity contribution in [2.24, 2.45) is 5.92 Å². The molecule has 1 aliphatic heterocycles. The third kappa shape index (κ3) is 4.68. The Labute approximate surface area is 147 Å². The second-order valence-corrected chi connectivity index (χ2v) is 8.29. The van der Waals surface area contributed by atoms with E-state index in [1.54, 1.807) is 30.3 Å². The molecule has 6 nitrogen and oxygen atoms in total. The van der Waals surface area contributed by atoms with Crippen LogP contribution in [0.4, 0.5) is 0 Å². The molecule has 1 saturated carbocycles. The number of nitrogens with one attached hydrogen (secondary N) is 1. The number of carboxylic acids is 1. The van der Waals surface area contributed by atoms with Crippen molar-refractivity contribution in [2.75, 3.05) is 0 Å². The minimum absolute atomic E-state index is 0.124. The van der Waals surface area contributed by atoms with E-state index in [1.807, 2.05) is 12.2 Å². The molecule has 0 amide bonds. The zero-order chi connectivity index (χ0) is 17.9. The highest BCUT2D eigenvalue weighted by Crippen LogP contribution is 2.45. The Kier molecular flexibility index (Phi) is 5.56. The van der Waals surface area contributed by atoms with Crippen LogP contribution in [0.3, 0.4) is 0 Å². The maximum Gasteiger partial charge on any atom is 0.303 e. The molecule has 0 aromatic heterocycles. The smallest absolute Gasteiger partial charge is 0.303 e. The number of epoxide rings is 1. The van der Waals surface area contributed by atoms with Gasteiger partial charge in [-0.3, -0.25) is 4.79 Å². The third-order valence-electron chi connectivity index (χ3n) is 4.74. The predicted octanol–water partition coefficient (Wildman–Crippen LogP) is 2.32. The first-order valence-corrected chi connectivity index (χ1v) is 10.1. The van der Waals surface area contributed by atoms with E-state index in [1.165, 1.54) is 0 Å². The number of aliphatic carboxylic acids is 1. The molecular weight excluding hydrogens is 342 g/mol. The zero-order valence-electron chi connectivity index (χ0n) is 13.9. The Hall–Kier alpha value is -1.70. The molecule has 2 aliphatic rings. The molecule has 1 heterocycles. The number of sulfonamides is 1. The van der Waals surface area contributed by atoms with E-state index in [9.17, 15) is 13.2 Å². The summed E-state index contributed by atoms with van der Waals surface area (Å²) >= 11 is 0. The van der Waals surface area contributed by atoms with E-state index >= 15 is 0 Å². The quantitative estimate of drug-likeness (QED) is 0.398. The number of rotatable bonds is 9. The minimum Gasteiger partial charge on any atom is -0.481 e. The fraction of sp³-hybridized carbons (Fsp3) is 0.500. The fourth-order valence-electron chi connectivity index (χ4n) is 3.42. The van der Waals surface area contributed by atoms with Gasteiger partial charge < -0.3 is 9.84 Å². The Balaban J connectivity index is 1.55. The predicted molar refractivity (Wildman–Crippen MR) is 92.6 cm³/mol. The lowest BCUT2D eigenvalue weighted by molar-refractivity contribution is -0.137. The monoisotopic (exact) mass is 365 g/mol. The average Bonchev–Trinajstić information content (AvgIpc) is 3.25. The molecule has 7 heteroatoms. The highest BCUT2D eigenvalue weighted by atomic mass is 32.2. The van der Waals surface area contributed by atoms with Crippen LogP contribution in [0.5, 0.6) is 0 Å². The fourth-order valence-corrected chi connectivity index (χ4v) is 4.74. The molecule has 0 bridgehead atoms. The normalized spacial score (nSPS) is 28.2. The summed E-state index contributed by atoms with van der Waals surface area (Å²) in [6, 6.07) is 8.26. The standard InChI is InChI=1S/C18H23NO5S/c20-17(21)11-7-2-1-6-10-14-15(12-16-18(14)24-16)19-25(22,23)13-8-4-3-5-9-13/h1,3-6,8-9,14-16,18-19H,2,7,10-12H2,(H,20,21)/b6-1-/t14-,15+,16-,18+/m1/s1. The van der Waals surface area contributed by atoms with E-state index < -0.39 is 16.0 Å². The molecule has 1 saturated heterocycles. The van der Waals surface area contributed by atoms with Gasteiger partial charge in [0.2, 0.25) is 10.0 Å². The summed E-state index contributed by atoms with van der Waals surface area (Å²) in [5.74, 6) is -0.659. The molecule has 25 heavy (non-hydrogen) atoms. The molecule has 3 rings (SSSR count). The number of ether oxygens (including phenoxy) is 1. The van der Waals surface area contributed by atoms with Crippen LogP contribution in [-0.4, -0.2) is 37.7 Å². The van der Waals surface area contributed by atoms with E-state index in [2.05, 4.69) is 4.72 Å². The number of allylic oxidation sites excluding steroid dienone is 2. The SMILES string of the molecule is O=C(O)CCC/C=C\C[C@H]1[C@@H]2O[C@@H]2C[C@@H]1NS(=O)(=O)c1ccccc1. The lowest BCUT2D eigenvalue weighted by Crippen LogP contribution is -2.39. The summed E-state index contributed by atoms with van der Waals surface area (Å²) in [4.78, 5) is 10.8. The number of benzene rings is 1. The molecule has 0 radical (unpaired) electrons. The van der Waals surface area contributed by atoms with Gasteiger partial charge >= 0.3 is 5.97 Å². The van der Waals surface area contributed by atoms with Gasteiger partial charge in [-0.1, -0.05) is 30.4 Å². The first-order chi connectivity index (χ1) is 12.0. The summed E-state index contributed by atoms with van der Waals surface area (Å²) in [6.07, 6.45) is 7.21. The van der Waals surface area contributed by atoms with Crippen LogP contribution in [0.1, 0.15) is 32.1 Å². The van der Waals surface area contributed by atoms with Crippen LogP contribution in [0.25, 0.3) is 0 Å². The number of hydrogen-bond donors (Lipinski definition) is 2. The van der Waals surface area contributed by atoms with Crippen molar-refractivity contribution < 1.29 is 23.1 Å². The van der Waals surface area contributed by atoms with Crippen molar-refractivity contribution in [3.8, 4) is 0 Å². The van der Waals surface area contributed by atoms with Gasteiger partial charge in [-0.2, -0.15) is 0 Å². The molecule has 2 fully saturated rings. The summed E-state index contributed by atoms with van der Waals surface area (Å²) in [6.45, 7) is 0. The Morgan fingerprint density at radius 2 is 2.04 bits per heavy atom. The van der Waals surface area contributed by atoms with E-state index in [4.69, 9.17) is 9.84 Å². The van der Waals surface area contributed by atoms with Gasteiger partial charge in [-0.15, -0.1) is 0 Å². The molecule has 136 valence electrons. The molecular formula is C18H23NO5S. The van der Waals surface area contributed by atoms with Crippen molar-refractivity contribution >= 4 is 16.0 Å². The number of carbonyl (C=O) groups is 1. The average molecular weight is 365 g/mol. The summed E-state index contributed by atoms with van der Waals surface area (Å²) in [5.41, 5.74) is 0. The van der Waals surface area contributed by atoms with Gasteiger partial charge in [0.15, 0.2) is 0 Å². The number of hydrogen-bond acceptors (Lipinski definition) is 4. The van der Waals surface area contributed by atoms with Crippen LogP contribution in [0.15, 0.2) is 47.4 Å². The van der Waals surface area contributed by atoms with Crippen LogP contribution < -0.4 is 4.72 Å². The highest BCUT2D eigenvalue weighted by molar-refractivity contribution is 7.89. The lowest BCUT2D eigenvalue weighted by Gasteiger charge is -2.22. The third-order valence-corrected chi connectivity index (χ3v) is 6.25. The minimum atomic E-state index is -3.52. The maximum absolute atomic E-state index is 12.5. The zero-order valence-corrected chi connectivity index (χ0v) is 14.7. The van der Waals surface area contributed by atoms with Crippen LogP contribution >= 0.6 is 0 Å². The summed E-state index contributed by atoms with van der Waals surface area (Å²) in [7, 11) is -3.52. The maximum atomic E-state index is 12.5. The van der Waals surface area contributed by atoms with Gasteiger partial charge in [0.1, 0.15) is 0 Å². The second kappa shape index (κ2) is 7.68. The van der Waals surface area contributed by atoms with E-state index in [-0.39, 0.29) is 35.5 Å². The van der Waals surface area contributed by atoms with Gasteiger partial charge in [0.25, 0.3) is 0 Å². The van der Waals surface area contributed by atoms with Gasteiger partial charge in [0, 0.05) is 18.4 Å². The second-order valence-electron chi connectivity index (χ2n) is 6.57. The first-order valence-electron chi connectivity index (χ1n) is 8.57. The van der Waals surface area contributed by atoms with Crippen molar-refractivity contribution in [3.05, 3.63) is 42.5 Å². The van der Waals surface area contributed by atoms with E-state index in [0.29, 0.717) is 19.3 Å². The van der Waals surface area contributed by atoms with Crippen LogP contribution in [0.2, 0.25) is 0 Å². The number of fused-ring (bicyclic) bond motifs is 1. The van der Waals surface area contributed by atoms with Gasteiger partial charge in [-0.25, -0.2) is 13.1 Å². The molecule has 1 aliphatic carbocycles. The molecule has 1 aromatic rings. The molecule has 1 aromatic carbocycles. The van der Waals surface area contributed by atoms with Gasteiger partial charge in [-0.05, 0) is 37.8 Å². The lowest BCUT2D eigenvalue weighted by atomic mass is 9.98.